The monoisotopic (exact) mass is 426 g/mol. The summed E-state index contributed by atoms with van der Waals surface area (Å²) in [4.78, 5) is 45.2. The third-order valence-corrected chi connectivity index (χ3v) is 3.46. The molecule has 0 heterocycles. The Morgan fingerprint density at radius 3 is 1.56 bits per heavy atom. The number of hydrogen-bond acceptors (Lipinski definition) is 9. The highest BCUT2D eigenvalue weighted by Gasteiger charge is 2.43. The minimum Gasteiger partial charge on any atom is -0.465 e. The average Bonchev–Trinajstić information content (AvgIpc) is 2.45. The summed E-state index contributed by atoms with van der Waals surface area (Å²) in [6, 6.07) is 0. The number of carbonyl (C=O) groups excluding carboxylic acids is 4. The number of esters is 4. The van der Waals surface area contributed by atoms with Gasteiger partial charge in [-0.2, -0.15) is 0 Å². The fourth-order valence-corrected chi connectivity index (χ4v) is 2.44. The second-order valence-electron chi connectivity index (χ2n) is 5.37. The van der Waals surface area contributed by atoms with E-state index in [9.17, 15) is 24.3 Å². The van der Waals surface area contributed by atoms with Gasteiger partial charge in [-0.15, -0.1) is 0 Å². The van der Waals surface area contributed by atoms with Crippen molar-refractivity contribution in [1.82, 2.24) is 0 Å². The zero-order valence-electron chi connectivity index (χ0n) is 14.7. The number of hydrogen-bond donors (Lipinski definition) is 1. The van der Waals surface area contributed by atoms with Gasteiger partial charge in [0.1, 0.15) is 11.1 Å². The van der Waals surface area contributed by atoms with Crippen molar-refractivity contribution in [2.24, 2.45) is 5.92 Å². The van der Waals surface area contributed by atoms with Crippen LogP contribution in [0, 0.1) is 5.92 Å². The maximum absolute atomic E-state index is 11.5. The van der Waals surface area contributed by atoms with E-state index >= 15 is 0 Å². The van der Waals surface area contributed by atoms with Crippen molar-refractivity contribution in [1.29, 1.82) is 0 Å². The lowest BCUT2D eigenvalue weighted by molar-refractivity contribution is -0.194. The molecule has 1 N–H and O–H groups in total. The van der Waals surface area contributed by atoms with Gasteiger partial charge in [0.15, 0.2) is 12.2 Å². The molecule has 10 heteroatoms. The normalized spacial score (nSPS) is 16.6. The van der Waals surface area contributed by atoms with Crippen molar-refractivity contribution in [3.63, 3.8) is 0 Å². The summed E-state index contributed by atoms with van der Waals surface area (Å²) in [5.74, 6) is -3.35. The Labute approximate surface area is 154 Å². The molecular weight excluding hydrogens is 404 g/mol. The van der Waals surface area contributed by atoms with E-state index in [1.165, 1.54) is 6.92 Å². The number of halogens is 1. The predicted octanol–water partition coefficient (Wildman–Crippen LogP) is 0.694. The quantitative estimate of drug-likeness (QED) is 0.321. The molecule has 0 saturated carbocycles. The zero-order valence-corrected chi connectivity index (χ0v) is 16.3. The number of aliphatic hydroxyl groups is 1. The average molecular weight is 427 g/mol. The summed E-state index contributed by atoms with van der Waals surface area (Å²) in [6.45, 7) is 6.01. The highest BCUT2D eigenvalue weighted by Crippen LogP contribution is 2.24. The first-order valence-corrected chi connectivity index (χ1v) is 8.34. The van der Waals surface area contributed by atoms with Crippen LogP contribution < -0.4 is 0 Å². The van der Waals surface area contributed by atoms with Gasteiger partial charge in [0.05, 0.1) is 6.61 Å². The van der Waals surface area contributed by atoms with E-state index in [0.717, 1.165) is 20.8 Å². The van der Waals surface area contributed by atoms with E-state index in [4.69, 9.17) is 18.9 Å². The number of alkyl halides is 1. The van der Waals surface area contributed by atoms with Crippen LogP contribution in [0.15, 0.2) is 0 Å². The lowest BCUT2D eigenvalue weighted by Crippen LogP contribution is -2.51. The van der Waals surface area contributed by atoms with E-state index in [2.05, 4.69) is 15.9 Å². The van der Waals surface area contributed by atoms with E-state index in [1.54, 1.807) is 6.92 Å². The van der Waals surface area contributed by atoms with Crippen LogP contribution in [0.3, 0.4) is 0 Å². The minimum atomic E-state index is -1.40. The van der Waals surface area contributed by atoms with Crippen molar-refractivity contribution < 1.29 is 43.2 Å². The lowest BCUT2D eigenvalue weighted by Gasteiger charge is -2.35. The molecule has 3 unspecified atom stereocenters. The van der Waals surface area contributed by atoms with Crippen LogP contribution in [0.4, 0.5) is 0 Å². The zero-order chi connectivity index (χ0) is 19.7. The summed E-state index contributed by atoms with van der Waals surface area (Å²) in [6.07, 6.45) is -3.83. The van der Waals surface area contributed by atoms with Gasteiger partial charge in [-0.3, -0.25) is 19.2 Å². The molecule has 0 aliphatic carbocycles. The van der Waals surface area contributed by atoms with Crippen molar-refractivity contribution in [3.8, 4) is 0 Å². The number of ether oxygens (including phenoxy) is 4. The van der Waals surface area contributed by atoms with Crippen LogP contribution in [-0.4, -0.2) is 58.9 Å². The first-order valence-electron chi connectivity index (χ1n) is 7.42. The van der Waals surface area contributed by atoms with E-state index in [-0.39, 0.29) is 6.61 Å². The molecule has 0 aromatic carbocycles. The van der Waals surface area contributed by atoms with Gasteiger partial charge in [-0.25, -0.2) is 0 Å². The summed E-state index contributed by atoms with van der Waals surface area (Å²) in [5.41, 5.74) is 0. The van der Waals surface area contributed by atoms with Crippen LogP contribution in [0.2, 0.25) is 0 Å². The Kier molecular flexibility index (Phi) is 10.3. The van der Waals surface area contributed by atoms with Crippen LogP contribution in [0.1, 0.15) is 34.6 Å². The summed E-state index contributed by atoms with van der Waals surface area (Å²) >= 11 is 2.87. The van der Waals surface area contributed by atoms with Crippen LogP contribution in [0.25, 0.3) is 0 Å². The maximum atomic E-state index is 11.5. The molecule has 0 bridgehead atoms. The molecule has 0 spiro atoms. The lowest BCUT2D eigenvalue weighted by atomic mass is 9.96. The highest BCUT2D eigenvalue weighted by molar-refractivity contribution is 9.09. The Hall–Kier alpha value is -1.68. The SMILES string of the molecule is CC(=O)OCC(C)[C@H](OC(C)=O)C(OC(C)=O)C(OC(C)=O)[C@H](O)Br. The topological polar surface area (TPSA) is 125 Å². The van der Waals surface area contributed by atoms with E-state index in [0.29, 0.717) is 0 Å². The second-order valence-corrected chi connectivity index (χ2v) is 6.31. The van der Waals surface area contributed by atoms with Crippen molar-refractivity contribution in [3.05, 3.63) is 0 Å². The fraction of sp³-hybridized carbons (Fsp3) is 0.733. The molecule has 0 aromatic rings. The van der Waals surface area contributed by atoms with Crippen molar-refractivity contribution in [2.75, 3.05) is 6.61 Å². The van der Waals surface area contributed by atoms with Gasteiger partial charge in [0.25, 0.3) is 0 Å². The van der Waals surface area contributed by atoms with Gasteiger partial charge in [-0.1, -0.05) is 22.9 Å². The van der Waals surface area contributed by atoms with Crippen molar-refractivity contribution in [2.45, 2.75) is 57.9 Å². The summed E-state index contributed by atoms with van der Waals surface area (Å²) in [5, 5.41) is 8.45. The number of aliphatic hydroxyl groups excluding tert-OH is 1. The molecule has 144 valence electrons. The number of carbonyl (C=O) groups is 4. The second kappa shape index (κ2) is 11.0. The minimum absolute atomic E-state index is 0.143. The summed E-state index contributed by atoms with van der Waals surface area (Å²) < 4.78 is 20.2. The summed E-state index contributed by atoms with van der Waals surface area (Å²) in [7, 11) is 0. The molecule has 0 fully saturated rings. The van der Waals surface area contributed by atoms with Gasteiger partial charge in [0.2, 0.25) is 0 Å². The maximum Gasteiger partial charge on any atom is 0.303 e. The highest BCUT2D eigenvalue weighted by atomic mass is 79.9. The molecule has 0 saturated heterocycles. The molecule has 0 aromatic heterocycles. The number of rotatable bonds is 9. The van der Waals surface area contributed by atoms with E-state index < -0.39 is 53.1 Å². The molecule has 5 atom stereocenters. The molecule has 9 nitrogen and oxygen atoms in total. The molecule has 0 amide bonds. The van der Waals surface area contributed by atoms with Crippen molar-refractivity contribution >= 4 is 39.8 Å². The van der Waals surface area contributed by atoms with Crippen LogP contribution in [-0.2, 0) is 38.1 Å². The first kappa shape index (κ1) is 23.3. The predicted molar refractivity (Wildman–Crippen MR) is 87.4 cm³/mol. The fourth-order valence-electron chi connectivity index (χ4n) is 2.03. The molecular formula is C15H23BrO9. The molecule has 0 rings (SSSR count). The third-order valence-electron chi connectivity index (χ3n) is 2.94. The van der Waals surface area contributed by atoms with Crippen LogP contribution in [0.5, 0.6) is 0 Å². The van der Waals surface area contributed by atoms with Gasteiger partial charge in [-0.05, 0) is 0 Å². The molecule has 0 radical (unpaired) electrons. The Morgan fingerprint density at radius 2 is 1.20 bits per heavy atom. The standard InChI is InChI=1S/C15H23BrO9/c1-7(6-22-8(2)17)12(23-9(3)18)13(24-10(4)19)14(15(16)21)25-11(5)20/h7,12-15,21H,6H2,1-5H3/t7?,12-,13?,14?,15-/m0/s1. The smallest absolute Gasteiger partial charge is 0.303 e. The Bertz CT molecular complexity index is 491. The Balaban J connectivity index is 5.70. The van der Waals surface area contributed by atoms with E-state index in [1.807, 2.05) is 0 Å². The molecule has 0 aliphatic rings. The van der Waals surface area contributed by atoms with Gasteiger partial charge < -0.3 is 24.1 Å². The Morgan fingerprint density at radius 1 is 0.800 bits per heavy atom. The molecule has 0 aliphatic heterocycles. The molecule has 25 heavy (non-hydrogen) atoms. The van der Waals surface area contributed by atoms with Gasteiger partial charge >= 0.3 is 23.9 Å². The third kappa shape index (κ3) is 9.40. The van der Waals surface area contributed by atoms with Crippen LogP contribution >= 0.6 is 15.9 Å². The van der Waals surface area contributed by atoms with Gasteiger partial charge in [0, 0.05) is 33.6 Å². The first-order chi connectivity index (χ1) is 11.5. The largest absolute Gasteiger partial charge is 0.465 e.